The Balaban J connectivity index is 1.05. The molecule has 0 spiro atoms. The van der Waals surface area contributed by atoms with Gasteiger partial charge in [0.15, 0.2) is 0 Å². The van der Waals surface area contributed by atoms with Gasteiger partial charge in [0.1, 0.15) is 5.75 Å². The van der Waals surface area contributed by atoms with E-state index in [-0.39, 0.29) is 40.7 Å². The fourth-order valence-corrected chi connectivity index (χ4v) is 16.1. The number of phenols is 1. The lowest BCUT2D eigenvalue weighted by molar-refractivity contribution is -0.144. The zero-order chi connectivity index (χ0) is 44.4. The molecule has 1 N–H and O–H groups in total. The average molecular weight is 936 g/mol. The number of nitrogens with zero attached hydrogens (tertiary/aromatic N) is 2. The predicted molar refractivity (Wildman–Crippen MR) is 261 cm³/mol. The minimum atomic E-state index is -2.95. The predicted octanol–water partition coefficient (Wildman–Crippen LogP) is 10.0. The Morgan fingerprint density at radius 3 is 2.05 bits per heavy atom. The van der Waals surface area contributed by atoms with E-state index in [1.807, 2.05) is 36.4 Å². The van der Waals surface area contributed by atoms with Gasteiger partial charge in [0, 0.05) is 41.6 Å². The molecule has 0 aromatic heterocycles. The number of hydrogen-bond donors (Lipinski definition) is 1. The lowest BCUT2D eigenvalue weighted by Crippen LogP contribution is -2.66. The summed E-state index contributed by atoms with van der Waals surface area (Å²) in [6, 6.07) is 47.6. The van der Waals surface area contributed by atoms with Gasteiger partial charge in [0.2, 0.25) is 11.8 Å². The van der Waals surface area contributed by atoms with Gasteiger partial charge < -0.3 is 14.3 Å². The summed E-state index contributed by atoms with van der Waals surface area (Å²) in [4.78, 5) is 33.8. The normalized spacial score (nSPS) is 22.2. The van der Waals surface area contributed by atoms with Crippen LogP contribution in [0.25, 0.3) is 11.6 Å². The van der Waals surface area contributed by atoms with Crippen molar-refractivity contribution in [2.75, 3.05) is 26.3 Å². The van der Waals surface area contributed by atoms with E-state index in [1.165, 1.54) is 15.9 Å². The molecule has 2 amide bonds. The van der Waals surface area contributed by atoms with Crippen LogP contribution in [0.3, 0.4) is 0 Å². The Morgan fingerprint density at radius 1 is 0.812 bits per heavy atom. The number of carbonyl (C=O) groups excluding carboxylic acids is 2. The first-order valence-electron chi connectivity index (χ1n) is 23.0. The monoisotopic (exact) mass is 934 g/mol. The van der Waals surface area contributed by atoms with E-state index in [1.54, 1.807) is 11.0 Å². The van der Waals surface area contributed by atoms with Crippen molar-refractivity contribution in [2.45, 2.75) is 76.6 Å². The molecule has 4 aliphatic rings. The second kappa shape index (κ2) is 18.9. The van der Waals surface area contributed by atoms with Crippen LogP contribution in [-0.2, 0) is 25.3 Å². The maximum atomic E-state index is 14.9. The van der Waals surface area contributed by atoms with E-state index in [9.17, 15) is 14.7 Å². The third-order valence-electron chi connectivity index (χ3n) is 14.2. The van der Waals surface area contributed by atoms with Gasteiger partial charge in [-0.05, 0) is 99.6 Å². The third kappa shape index (κ3) is 8.77. The number of halogens is 1. The van der Waals surface area contributed by atoms with Gasteiger partial charge in [0.25, 0.3) is 8.32 Å². The Bertz CT molecular complexity index is 2460. The van der Waals surface area contributed by atoms with Crippen LogP contribution in [0, 0.1) is 17.8 Å². The molecular formula is C55H59BrN2O5Si. The number of carbonyl (C=O) groups is 2. The van der Waals surface area contributed by atoms with Gasteiger partial charge in [0.05, 0.1) is 31.2 Å². The SMILES string of the molecule is CC(C)(C)[Si](OCC1=C2[C@@H](CC/C(=C/c3cc(Br)ccc3O)c3ccccc3)OC[C@@H]2[C@@H]2C(=O)N(C3CCN(Cc4ccccc4)CC3)C(=O)[C@@H]2C1)(c1ccccc1)c1ccccc1. The first-order valence-corrected chi connectivity index (χ1v) is 25.7. The summed E-state index contributed by atoms with van der Waals surface area (Å²) >= 11 is 3.59. The van der Waals surface area contributed by atoms with Crippen LogP contribution < -0.4 is 10.4 Å². The highest BCUT2D eigenvalue weighted by molar-refractivity contribution is 9.10. The molecular weight excluding hydrogens is 877 g/mol. The van der Waals surface area contributed by atoms with Crippen LogP contribution in [-0.4, -0.2) is 73.5 Å². The highest BCUT2D eigenvalue weighted by Crippen LogP contribution is 2.51. The molecule has 3 heterocycles. The molecule has 330 valence electrons. The summed E-state index contributed by atoms with van der Waals surface area (Å²) in [6.45, 7) is 10.2. The number of hydrogen-bond acceptors (Lipinski definition) is 6. The maximum Gasteiger partial charge on any atom is 0.261 e. The maximum absolute atomic E-state index is 14.9. The van der Waals surface area contributed by atoms with Crippen molar-refractivity contribution < 1.29 is 23.9 Å². The van der Waals surface area contributed by atoms with Crippen LogP contribution in [0.5, 0.6) is 5.75 Å². The lowest BCUT2D eigenvalue weighted by Gasteiger charge is -2.44. The lowest BCUT2D eigenvalue weighted by atomic mass is 9.69. The third-order valence-corrected chi connectivity index (χ3v) is 19.7. The largest absolute Gasteiger partial charge is 0.507 e. The molecule has 3 saturated heterocycles. The number of rotatable bonds is 13. The van der Waals surface area contributed by atoms with E-state index >= 15 is 0 Å². The number of aromatic hydroxyl groups is 1. The summed E-state index contributed by atoms with van der Waals surface area (Å²) in [6.07, 6.45) is 5.20. The van der Waals surface area contributed by atoms with Crippen LogP contribution in [0.2, 0.25) is 5.04 Å². The van der Waals surface area contributed by atoms with Crippen molar-refractivity contribution in [3.8, 4) is 5.75 Å². The molecule has 0 radical (unpaired) electrons. The summed E-state index contributed by atoms with van der Waals surface area (Å²) < 4.78 is 15.4. The number of amides is 2. The molecule has 1 aliphatic carbocycles. The van der Waals surface area contributed by atoms with E-state index < -0.39 is 20.2 Å². The van der Waals surface area contributed by atoms with Gasteiger partial charge >= 0.3 is 0 Å². The number of likely N-dealkylation sites (tertiary alicyclic amines) is 2. The first kappa shape index (κ1) is 44.3. The summed E-state index contributed by atoms with van der Waals surface area (Å²) in [5, 5.41) is 13.1. The molecule has 3 fully saturated rings. The quantitative estimate of drug-likeness (QED) is 0.0549. The van der Waals surface area contributed by atoms with Crippen molar-refractivity contribution >= 4 is 58.1 Å². The van der Waals surface area contributed by atoms with Crippen LogP contribution >= 0.6 is 15.9 Å². The molecule has 64 heavy (non-hydrogen) atoms. The van der Waals surface area contributed by atoms with Crippen molar-refractivity contribution in [3.63, 3.8) is 0 Å². The van der Waals surface area contributed by atoms with Gasteiger partial charge in [-0.1, -0.05) is 158 Å². The highest BCUT2D eigenvalue weighted by Gasteiger charge is 2.59. The zero-order valence-corrected chi connectivity index (χ0v) is 39.8. The second-order valence-electron chi connectivity index (χ2n) is 19.1. The van der Waals surface area contributed by atoms with Crippen molar-refractivity contribution in [3.05, 3.63) is 172 Å². The Labute approximate surface area is 388 Å². The number of phenolic OH excluding ortho intramolecular Hbond substituents is 1. The standard InChI is InChI=1S/C55H59BrN2O5Si/c1-55(2,3)64(45-20-12-6-13-21-45,46-22-14-7-15-23-46)63-36-42-34-47-52(54(61)58(53(47)60)44-28-30-57(31-29-44)35-38-16-8-4-9-17-38)48-37-62-50(51(42)48)27-24-40(39-18-10-5-11-19-39)32-41-33-43(56)25-26-49(41)59/h4-23,25-26,32-33,44,47-48,50,52,59H,24,27-31,34-37H2,1-3H3/b40-32-/t47-,48+,50-,52-/m1/s1. The van der Waals surface area contributed by atoms with Crippen molar-refractivity contribution in [1.82, 2.24) is 9.80 Å². The molecule has 9 heteroatoms. The van der Waals surface area contributed by atoms with Gasteiger partial charge in [-0.3, -0.25) is 19.4 Å². The summed E-state index contributed by atoms with van der Waals surface area (Å²) in [5.74, 6) is -0.930. The summed E-state index contributed by atoms with van der Waals surface area (Å²) in [7, 11) is -2.95. The molecule has 7 nitrogen and oxygen atoms in total. The van der Waals surface area contributed by atoms with Gasteiger partial charge in [-0.2, -0.15) is 0 Å². The molecule has 0 unspecified atom stereocenters. The number of benzene rings is 5. The molecule has 3 aliphatic heterocycles. The molecule has 9 rings (SSSR count). The van der Waals surface area contributed by atoms with Gasteiger partial charge in [-0.15, -0.1) is 0 Å². The van der Waals surface area contributed by atoms with E-state index in [4.69, 9.17) is 9.16 Å². The molecule has 5 aromatic carbocycles. The van der Waals surface area contributed by atoms with E-state index in [2.05, 4.69) is 145 Å². The molecule has 0 bridgehead atoms. The number of fused-ring (bicyclic) bond motifs is 3. The minimum absolute atomic E-state index is 0.0230. The fourth-order valence-electron chi connectivity index (χ4n) is 11.2. The number of allylic oxidation sites excluding steroid dienone is 1. The highest BCUT2D eigenvalue weighted by atomic mass is 79.9. The number of imide groups is 1. The number of ether oxygens (including phenoxy) is 1. The van der Waals surface area contributed by atoms with Crippen molar-refractivity contribution in [2.24, 2.45) is 17.8 Å². The number of piperidine rings is 1. The minimum Gasteiger partial charge on any atom is -0.507 e. The van der Waals surface area contributed by atoms with E-state index in [0.717, 1.165) is 64.8 Å². The Kier molecular flexibility index (Phi) is 13.1. The van der Waals surface area contributed by atoms with E-state index in [0.29, 0.717) is 32.5 Å². The molecule has 0 saturated carbocycles. The van der Waals surface area contributed by atoms with Crippen molar-refractivity contribution in [1.29, 1.82) is 0 Å². The smallest absolute Gasteiger partial charge is 0.261 e. The molecule has 4 atom stereocenters. The van der Waals surface area contributed by atoms with Crippen LogP contribution in [0.1, 0.15) is 69.6 Å². The zero-order valence-electron chi connectivity index (χ0n) is 37.2. The Morgan fingerprint density at radius 2 is 1.42 bits per heavy atom. The van der Waals surface area contributed by atoms with Crippen LogP contribution in [0.4, 0.5) is 0 Å². The first-order chi connectivity index (χ1) is 31.0. The van der Waals surface area contributed by atoms with Crippen LogP contribution in [0.15, 0.2) is 155 Å². The average Bonchev–Trinajstić information content (AvgIpc) is 3.84. The topological polar surface area (TPSA) is 79.3 Å². The summed E-state index contributed by atoms with van der Waals surface area (Å²) in [5.41, 5.74) is 6.43. The van der Waals surface area contributed by atoms with Gasteiger partial charge in [-0.25, -0.2) is 0 Å². The fraction of sp³-hybridized carbons (Fsp3) is 0.345. The molecule has 5 aromatic rings. The Hall–Kier alpha value is -4.90. The second-order valence-corrected chi connectivity index (χ2v) is 24.3.